The number of hydrogen-bond acceptors (Lipinski definition) is 9. The van der Waals surface area contributed by atoms with E-state index in [0.29, 0.717) is 19.8 Å². The zero-order chi connectivity index (χ0) is 27.2. The summed E-state index contributed by atoms with van der Waals surface area (Å²) in [6.07, 6.45) is 3.98. The summed E-state index contributed by atoms with van der Waals surface area (Å²) >= 11 is 0. The third kappa shape index (κ3) is 7.36. The summed E-state index contributed by atoms with van der Waals surface area (Å²) in [5.74, 6) is -0.371. The molecule has 1 aromatic rings. The molecule has 3 saturated heterocycles. The maximum atomic E-state index is 12.5. The molecular weight excluding hydrogens is 502 g/mol. The van der Waals surface area contributed by atoms with E-state index in [1.807, 2.05) is 30.3 Å². The van der Waals surface area contributed by atoms with Gasteiger partial charge in [0.15, 0.2) is 12.6 Å². The Morgan fingerprint density at radius 3 is 2.44 bits per heavy atom. The predicted molar refractivity (Wildman–Crippen MR) is 143 cm³/mol. The molecule has 5 rings (SSSR count). The van der Waals surface area contributed by atoms with E-state index in [9.17, 15) is 9.59 Å². The standard InChI is InChI=1S/C29H43N3O7/c1-20(33)30-25-26(32-15-13-31(14-16-32)17-18-35-21(2)34)27-24(38-29(25)37-23-11-7-4-8-12-23)19-36-28(39-27)22-9-5-3-6-10-22/h3,5-6,9-10,23-29H,4,7-8,11-19H2,1-2H3,(H,30,33)/t24-,25-,26-,27-,28?,29-/m1/s1. The van der Waals surface area contributed by atoms with Gasteiger partial charge in [-0.05, 0) is 12.8 Å². The van der Waals surface area contributed by atoms with Gasteiger partial charge in [0.25, 0.3) is 0 Å². The van der Waals surface area contributed by atoms with Gasteiger partial charge in [-0.3, -0.25) is 19.4 Å². The number of amides is 1. The quantitative estimate of drug-likeness (QED) is 0.493. The molecule has 3 aliphatic heterocycles. The lowest BCUT2D eigenvalue weighted by Gasteiger charge is -2.54. The molecule has 3 heterocycles. The Balaban J connectivity index is 1.36. The molecule has 0 spiro atoms. The normalized spacial score (nSPS) is 32.8. The van der Waals surface area contributed by atoms with E-state index in [-0.39, 0.29) is 42.3 Å². The molecule has 4 fully saturated rings. The highest BCUT2D eigenvalue weighted by atomic mass is 16.7. The number of rotatable bonds is 8. The minimum absolute atomic E-state index is 0.115. The number of piperazine rings is 1. The van der Waals surface area contributed by atoms with Crippen LogP contribution < -0.4 is 5.32 Å². The largest absolute Gasteiger partial charge is 0.465 e. The van der Waals surface area contributed by atoms with Crippen molar-refractivity contribution in [1.82, 2.24) is 15.1 Å². The van der Waals surface area contributed by atoms with Crippen molar-refractivity contribution < 1.29 is 33.3 Å². The molecule has 0 bridgehead atoms. The average molecular weight is 546 g/mol. The first-order valence-corrected chi connectivity index (χ1v) is 14.5. The first-order valence-electron chi connectivity index (χ1n) is 14.5. The summed E-state index contributed by atoms with van der Waals surface area (Å²) in [5.41, 5.74) is 0.960. The van der Waals surface area contributed by atoms with Crippen LogP contribution in [0.15, 0.2) is 30.3 Å². The van der Waals surface area contributed by atoms with Gasteiger partial charge >= 0.3 is 5.97 Å². The second kappa shape index (κ2) is 13.5. The first-order chi connectivity index (χ1) is 19.0. The van der Waals surface area contributed by atoms with Crippen molar-refractivity contribution in [3.05, 3.63) is 35.9 Å². The number of fused-ring (bicyclic) bond motifs is 1. The second-order valence-corrected chi connectivity index (χ2v) is 11.1. The third-order valence-electron chi connectivity index (χ3n) is 8.23. The molecule has 0 radical (unpaired) electrons. The average Bonchev–Trinajstić information content (AvgIpc) is 2.94. The summed E-state index contributed by atoms with van der Waals surface area (Å²) in [6, 6.07) is 9.42. The Hall–Kier alpha value is -2.08. The minimum atomic E-state index is -0.578. The number of carbonyl (C=O) groups excluding carboxylic acids is 2. The Morgan fingerprint density at radius 2 is 1.74 bits per heavy atom. The van der Waals surface area contributed by atoms with Crippen molar-refractivity contribution in [3.63, 3.8) is 0 Å². The highest BCUT2D eigenvalue weighted by molar-refractivity contribution is 5.73. The maximum absolute atomic E-state index is 12.5. The lowest BCUT2D eigenvalue weighted by atomic mass is 9.90. The van der Waals surface area contributed by atoms with E-state index in [2.05, 4.69) is 15.1 Å². The number of nitrogens with zero attached hydrogens (tertiary/aromatic N) is 2. The van der Waals surface area contributed by atoms with Crippen LogP contribution in [0, 0.1) is 0 Å². The van der Waals surface area contributed by atoms with Gasteiger partial charge in [-0.15, -0.1) is 0 Å². The van der Waals surface area contributed by atoms with Crippen molar-refractivity contribution in [3.8, 4) is 0 Å². The van der Waals surface area contributed by atoms with Gasteiger partial charge < -0.3 is 29.0 Å². The SMILES string of the molecule is CC(=O)N[C@H]1[C@H](OC2CCCCC2)O[C@@H]2COC(c3ccccc3)O[C@H]2[C@@H]1N1CCN(CCOC(C)=O)CC1. The Kier molecular flexibility index (Phi) is 9.86. The Bertz CT molecular complexity index is 936. The molecule has 4 aliphatic rings. The van der Waals surface area contributed by atoms with Crippen LogP contribution in [0.5, 0.6) is 0 Å². The zero-order valence-corrected chi connectivity index (χ0v) is 23.2. The molecule has 1 N–H and O–H groups in total. The summed E-state index contributed by atoms with van der Waals surface area (Å²) in [6.45, 7) is 7.71. The van der Waals surface area contributed by atoms with Gasteiger partial charge in [-0.2, -0.15) is 0 Å². The van der Waals surface area contributed by atoms with Gasteiger partial charge in [0, 0.05) is 52.1 Å². The third-order valence-corrected chi connectivity index (χ3v) is 8.23. The number of ether oxygens (including phenoxy) is 5. The smallest absolute Gasteiger partial charge is 0.302 e. The molecule has 1 aromatic carbocycles. The summed E-state index contributed by atoms with van der Waals surface area (Å²) < 4.78 is 31.1. The van der Waals surface area contributed by atoms with Crippen LogP contribution in [-0.4, -0.2) is 104 Å². The van der Waals surface area contributed by atoms with Crippen LogP contribution in [0.3, 0.4) is 0 Å². The molecule has 1 unspecified atom stereocenters. The highest BCUT2D eigenvalue weighted by Gasteiger charge is 2.53. The monoisotopic (exact) mass is 545 g/mol. The number of carbonyl (C=O) groups is 2. The highest BCUT2D eigenvalue weighted by Crippen LogP contribution is 2.38. The predicted octanol–water partition coefficient (Wildman–Crippen LogP) is 2.23. The maximum Gasteiger partial charge on any atom is 0.302 e. The van der Waals surface area contributed by atoms with Crippen LogP contribution in [0.2, 0.25) is 0 Å². The van der Waals surface area contributed by atoms with E-state index >= 15 is 0 Å². The fourth-order valence-electron chi connectivity index (χ4n) is 6.31. The number of nitrogens with one attached hydrogen (secondary N) is 1. The van der Waals surface area contributed by atoms with Crippen LogP contribution in [0.1, 0.15) is 57.8 Å². The van der Waals surface area contributed by atoms with Crippen molar-refractivity contribution >= 4 is 11.9 Å². The van der Waals surface area contributed by atoms with Crippen molar-refractivity contribution in [1.29, 1.82) is 0 Å². The summed E-state index contributed by atoms with van der Waals surface area (Å²) in [7, 11) is 0. The van der Waals surface area contributed by atoms with Crippen LogP contribution in [0.25, 0.3) is 0 Å². The minimum Gasteiger partial charge on any atom is -0.465 e. The van der Waals surface area contributed by atoms with Gasteiger partial charge in [0.2, 0.25) is 5.91 Å². The number of hydrogen-bond donors (Lipinski definition) is 1. The van der Waals surface area contributed by atoms with Crippen molar-refractivity contribution in [2.24, 2.45) is 0 Å². The van der Waals surface area contributed by atoms with E-state index < -0.39 is 12.6 Å². The molecular formula is C29H43N3O7. The summed E-state index contributed by atoms with van der Waals surface area (Å²) in [4.78, 5) is 28.4. The lowest BCUT2D eigenvalue weighted by molar-refractivity contribution is -0.343. The molecule has 1 aliphatic carbocycles. The molecule has 6 atom stereocenters. The van der Waals surface area contributed by atoms with Gasteiger partial charge in [-0.25, -0.2) is 0 Å². The molecule has 0 aromatic heterocycles. The first kappa shape index (κ1) is 28.4. The second-order valence-electron chi connectivity index (χ2n) is 11.1. The van der Waals surface area contributed by atoms with E-state index in [4.69, 9.17) is 23.7 Å². The molecule has 216 valence electrons. The van der Waals surface area contributed by atoms with E-state index in [0.717, 1.165) is 57.4 Å². The molecule has 10 nitrogen and oxygen atoms in total. The van der Waals surface area contributed by atoms with E-state index in [1.54, 1.807) is 6.92 Å². The number of esters is 1. The molecule has 39 heavy (non-hydrogen) atoms. The summed E-state index contributed by atoms with van der Waals surface area (Å²) in [5, 5.41) is 3.19. The fraction of sp³-hybridized carbons (Fsp3) is 0.724. The fourth-order valence-corrected chi connectivity index (χ4v) is 6.31. The Morgan fingerprint density at radius 1 is 1.00 bits per heavy atom. The topological polar surface area (TPSA) is 98.8 Å². The van der Waals surface area contributed by atoms with Crippen molar-refractivity contribution in [2.45, 2.75) is 88.9 Å². The Labute approximate surface area is 231 Å². The van der Waals surface area contributed by atoms with Gasteiger partial charge in [0.05, 0.1) is 24.8 Å². The molecule has 1 amide bonds. The van der Waals surface area contributed by atoms with Gasteiger partial charge in [-0.1, -0.05) is 49.6 Å². The lowest BCUT2D eigenvalue weighted by Crippen LogP contribution is -2.72. The van der Waals surface area contributed by atoms with Crippen LogP contribution >= 0.6 is 0 Å². The van der Waals surface area contributed by atoms with E-state index in [1.165, 1.54) is 13.3 Å². The molecule has 10 heteroatoms. The molecule has 1 saturated carbocycles. The zero-order valence-electron chi connectivity index (χ0n) is 23.2. The van der Waals surface area contributed by atoms with Gasteiger partial charge in [0.1, 0.15) is 18.8 Å². The number of benzene rings is 1. The van der Waals surface area contributed by atoms with Crippen LogP contribution in [-0.2, 0) is 33.3 Å². The van der Waals surface area contributed by atoms with Crippen LogP contribution in [0.4, 0.5) is 0 Å². The van der Waals surface area contributed by atoms with Crippen molar-refractivity contribution in [2.75, 3.05) is 45.9 Å².